The van der Waals surface area contributed by atoms with E-state index in [2.05, 4.69) is 5.32 Å². The molecule has 1 unspecified atom stereocenters. The Labute approximate surface area is 148 Å². The van der Waals surface area contributed by atoms with Crippen LogP contribution in [0.3, 0.4) is 0 Å². The van der Waals surface area contributed by atoms with Crippen LogP contribution in [0.2, 0.25) is 0 Å². The van der Waals surface area contributed by atoms with E-state index in [4.69, 9.17) is 4.74 Å². The largest absolute Gasteiger partial charge is 0.389 e. The molecule has 0 aromatic heterocycles. The molecule has 1 heterocycles. The number of hydrogen-bond donors (Lipinski definition) is 2. The molecule has 0 bridgehead atoms. The van der Waals surface area contributed by atoms with Gasteiger partial charge in [0.15, 0.2) is 0 Å². The van der Waals surface area contributed by atoms with E-state index in [9.17, 15) is 14.7 Å². The lowest BCUT2D eigenvalue weighted by atomic mass is 9.90. The van der Waals surface area contributed by atoms with Gasteiger partial charge in [-0.3, -0.25) is 9.69 Å². The Kier molecular flexibility index (Phi) is 5.71. The first-order valence-electron chi connectivity index (χ1n) is 9.05. The van der Waals surface area contributed by atoms with Crippen LogP contribution in [0.5, 0.6) is 0 Å². The van der Waals surface area contributed by atoms with Gasteiger partial charge in [-0.15, -0.1) is 0 Å². The molecule has 6 nitrogen and oxygen atoms in total. The molecule has 1 saturated carbocycles. The summed E-state index contributed by atoms with van der Waals surface area (Å²) in [5.74, 6) is -0.193. The van der Waals surface area contributed by atoms with Gasteiger partial charge in [0.05, 0.1) is 25.9 Å². The van der Waals surface area contributed by atoms with Crippen LogP contribution in [-0.2, 0) is 16.1 Å². The molecule has 6 heteroatoms. The summed E-state index contributed by atoms with van der Waals surface area (Å²) in [7, 11) is 0. The molecule has 0 radical (unpaired) electrons. The number of nitrogens with zero attached hydrogens (tertiary/aromatic N) is 1. The number of imide groups is 1. The van der Waals surface area contributed by atoms with E-state index in [1.807, 2.05) is 30.3 Å². The summed E-state index contributed by atoms with van der Waals surface area (Å²) >= 11 is 0. The Morgan fingerprint density at radius 1 is 1.12 bits per heavy atom. The summed E-state index contributed by atoms with van der Waals surface area (Å²) < 4.78 is 5.50. The third kappa shape index (κ3) is 4.19. The van der Waals surface area contributed by atoms with Gasteiger partial charge in [0.1, 0.15) is 5.54 Å². The second kappa shape index (κ2) is 7.97. The maximum atomic E-state index is 12.8. The van der Waals surface area contributed by atoms with Crippen LogP contribution in [0.1, 0.15) is 44.1 Å². The predicted octanol–water partition coefficient (Wildman–Crippen LogP) is 2.21. The predicted molar refractivity (Wildman–Crippen MR) is 92.8 cm³/mol. The molecule has 3 rings (SSSR count). The van der Waals surface area contributed by atoms with Crippen molar-refractivity contribution in [3.63, 3.8) is 0 Å². The first-order valence-corrected chi connectivity index (χ1v) is 9.05. The van der Waals surface area contributed by atoms with Gasteiger partial charge >= 0.3 is 6.03 Å². The molecule has 2 aliphatic rings. The third-order valence-corrected chi connectivity index (χ3v) is 5.02. The number of urea groups is 1. The lowest BCUT2D eigenvalue weighted by molar-refractivity contribution is -0.133. The molecule has 1 aromatic carbocycles. The molecule has 1 saturated heterocycles. The lowest BCUT2D eigenvalue weighted by Crippen LogP contribution is -2.47. The fourth-order valence-corrected chi connectivity index (χ4v) is 3.66. The Hall–Kier alpha value is -1.92. The second-order valence-electron chi connectivity index (χ2n) is 7.00. The number of nitrogens with one attached hydrogen (secondary N) is 1. The van der Waals surface area contributed by atoms with E-state index >= 15 is 0 Å². The van der Waals surface area contributed by atoms with Crippen molar-refractivity contribution in [3.8, 4) is 0 Å². The van der Waals surface area contributed by atoms with Gasteiger partial charge in [0.2, 0.25) is 0 Å². The highest BCUT2D eigenvalue weighted by molar-refractivity contribution is 6.07. The molecular weight excluding hydrogens is 320 g/mol. The number of carbonyl (C=O) groups excluding carboxylic acids is 2. The highest BCUT2D eigenvalue weighted by Crippen LogP contribution is 2.32. The first kappa shape index (κ1) is 17.9. The van der Waals surface area contributed by atoms with E-state index in [0.717, 1.165) is 36.1 Å². The fourth-order valence-electron chi connectivity index (χ4n) is 3.66. The summed E-state index contributed by atoms with van der Waals surface area (Å²) in [6, 6.07) is 9.27. The highest BCUT2D eigenvalue weighted by Gasteiger charge is 2.50. The number of amides is 3. The number of β-amino-alcohol motifs (C(OH)–C–C–N with tert-alkyl or cyclic N) is 1. The number of rotatable bonds is 6. The molecule has 1 aliphatic heterocycles. The number of aliphatic hydroxyl groups is 1. The summed E-state index contributed by atoms with van der Waals surface area (Å²) in [4.78, 5) is 26.2. The number of benzene rings is 1. The molecule has 1 spiro atoms. The maximum absolute atomic E-state index is 12.8. The van der Waals surface area contributed by atoms with Crippen molar-refractivity contribution >= 4 is 11.9 Å². The zero-order chi connectivity index (χ0) is 17.7. The molecule has 3 amide bonds. The minimum absolute atomic E-state index is 0.0266. The molecule has 2 N–H and O–H groups in total. The van der Waals surface area contributed by atoms with Crippen molar-refractivity contribution in [3.05, 3.63) is 35.9 Å². The van der Waals surface area contributed by atoms with Crippen LogP contribution in [0.15, 0.2) is 30.3 Å². The first-order chi connectivity index (χ1) is 12.1. The molecule has 1 aliphatic carbocycles. The van der Waals surface area contributed by atoms with E-state index in [-0.39, 0.29) is 19.1 Å². The summed E-state index contributed by atoms with van der Waals surface area (Å²) in [6.07, 6.45) is 4.58. The lowest BCUT2D eigenvalue weighted by Gasteiger charge is -2.25. The third-order valence-electron chi connectivity index (χ3n) is 5.02. The van der Waals surface area contributed by atoms with Crippen LogP contribution in [0.25, 0.3) is 0 Å². The Morgan fingerprint density at radius 3 is 2.48 bits per heavy atom. The van der Waals surface area contributed by atoms with Gasteiger partial charge in [0, 0.05) is 0 Å². The zero-order valence-corrected chi connectivity index (χ0v) is 14.4. The van der Waals surface area contributed by atoms with Crippen LogP contribution >= 0.6 is 0 Å². The van der Waals surface area contributed by atoms with E-state index in [1.165, 1.54) is 0 Å². The van der Waals surface area contributed by atoms with E-state index in [1.54, 1.807) is 0 Å². The van der Waals surface area contributed by atoms with Crippen LogP contribution in [0.4, 0.5) is 4.79 Å². The second-order valence-corrected chi connectivity index (χ2v) is 7.00. The zero-order valence-electron chi connectivity index (χ0n) is 14.4. The summed E-state index contributed by atoms with van der Waals surface area (Å²) in [5.41, 5.74) is 0.264. The highest BCUT2D eigenvalue weighted by atomic mass is 16.5. The molecule has 25 heavy (non-hydrogen) atoms. The SMILES string of the molecule is O=C1NC2(CCCCCC2)C(=O)N1CC(O)COCc1ccccc1. The van der Waals surface area contributed by atoms with Gasteiger partial charge in [-0.25, -0.2) is 4.79 Å². The maximum Gasteiger partial charge on any atom is 0.325 e. The van der Waals surface area contributed by atoms with Crippen LogP contribution < -0.4 is 5.32 Å². The summed E-state index contributed by atoms with van der Waals surface area (Å²) in [6.45, 7) is 0.447. The van der Waals surface area contributed by atoms with Gasteiger partial charge in [0.25, 0.3) is 5.91 Å². The van der Waals surface area contributed by atoms with E-state index in [0.29, 0.717) is 19.4 Å². The quantitative estimate of drug-likeness (QED) is 0.774. The van der Waals surface area contributed by atoms with Crippen molar-refractivity contribution < 1.29 is 19.4 Å². The van der Waals surface area contributed by atoms with Crippen LogP contribution in [-0.4, -0.2) is 46.7 Å². The van der Waals surface area contributed by atoms with Crippen LogP contribution in [0, 0.1) is 0 Å². The monoisotopic (exact) mass is 346 g/mol. The summed E-state index contributed by atoms with van der Waals surface area (Å²) in [5, 5.41) is 13.0. The van der Waals surface area contributed by atoms with Crippen molar-refractivity contribution in [1.29, 1.82) is 0 Å². The molecule has 1 atom stereocenters. The number of aliphatic hydroxyl groups excluding tert-OH is 1. The minimum Gasteiger partial charge on any atom is -0.389 e. The standard InChI is InChI=1S/C19H26N2O4/c22-16(14-25-13-15-8-4-3-5-9-15)12-21-17(23)19(20-18(21)24)10-6-1-2-7-11-19/h3-5,8-9,16,22H,1-2,6-7,10-14H2,(H,20,24). The number of carbonyl (C=O) groups is 2. The van der Waals surface area contributed by atoms with Crippen molar-refractivity contribution in [1.82, 2.24) is 10.2 Å². The smallest absolute Gasteiger partial charge is 0.325 e. The average Bonchev–Trinajstić information content (AvgIpc) is 2.77. The number of ether oxygens (including phenoxy) is 1. The average molecular weight is 346 g/mol. The molecule has 1 aromatic rings. The van der Waals surface area contributed by atoms with Gasteiger partial charge < -0.3 is 15.2 Å². The van der Waals surface area contributed by atoms with Gasteiger partial charge in [-0.05, 0) is 18.4 Å². The van der Waals surface area contributed by atoms with Gasteiger partial charge in [-0.2, -0.15) is 0 Å². The Bertz CT molecular complexity index is 597. The topological polar surface area (TPSA) is 78.9 Å². The van der Waals surface area contributed by atoms with Crippen molar-refractivity contribution in [2.75, 3.05) is 13.2 Å². The molecule has 136 valence electrons. The van der Waals surface area contributed by atoms with Gasteiger partial charge in [-0.1, -0.05) is 56.0 Å². The molecule has 2 fully saturated rings. The van der Waals surface area contributed by atoms with Crippen molar-refractivity contribution in [2.45, 2.75) is 56.8 Å². The fraction of sp³-hybridized carbons (Fsp3) is 0.579. The number of hydrogen-bond acceptors (Lipinski definition) is 4. The Morgan fingerprint density at radius 2 is 1.80 bits per heavy atom. The Balaban J connectivity index is 1.51. The normalized spacial score (nSPS) is 21.2. The van der Waals surface area contributed by atoms with E-state index < -0.39 is 17.7 Å². The van der Waals surface area contributed by atoms with Crippen molar-refractivity contribution in [2.24, 2.45) is 0 Å². The minimum atomic E-state index is -0.889. The molecular formula is C19H26N2O4.